The molecule has 1 aliphatic carbocycles. The van der Waals surface area contributed by atoms with Crippen LogP contribution in [0, 0.1) is 0 Å². The molecule has 0 spiro atoms. The average molecular weight is 342 g/mol. The number of nitrogens with zero attached hydrogens (tertiary/aromatic N) is 5. The summed E-state index contributed by atoms with van der Waals surface area (Å²) in [5, 5.41) is 3.11. The first-order valence-electron chi connectivity index (χ1n) is 8.65. The maximum Gasteiger partial charge on any atom is 0.293 e. The van der Waals surface area contributed by atoms with Crippen molar-refractivity contribution >= 4 is 11.6 Å². The molecule has 0 amide bonds. The minimum Gasteiger partial charge on any atom is -0.373 e. The first-order chi connectivity index (χ1) is 12.2. The number of morpholine rings is 1. The molecule has 1 saturated carbocycles. The van der Waals surface area contributed by atoms with E-state index in [4.69, 9.17) is 9.72 Å². The Morgan fingerprint density at radius 1 is 1.32 bits per heavy atom. The van der Waals surface area contributed by atoms with Gasteiger partial charge in [-0.25, -0.2) is 15.0 Å². The van der Waals surface area contributed by atoms with Gasteiger partial charge in [0.2, 0.25) is 0 Å². The molecule has 1 atom stereocenters. The maximum atomic E-state index is 12.0. The molecule has 1 aliphatic heterocycles. The molecule has 4 rings (SSSR count). The Hall–Kier alpha value is -2.48. The summed E-state index contributed by atoms with van der Waals surface area (Å²) in [5.74, 6) is 2.80. The minimum absolute atomic E-state index is 0.0280. The molecule has 8 nitrogen and oxygen atoms in total. The third-order valence-electron chi connectivity index (χ3n) is 4.58. The summed E-state index contributed by atoms with van der Waals surface area (Å²) in [5.41, 5.74) is -0.139. The normalized spacial score (nSPS) is 20.5. The van der Waals surface area contributed by atoms with Crippen LogP contribution in [-0.2, 0) is 11.8 Å². The highest BCUT2D eigenvalue weighted by atomic mass is 16.5. The average Bonchev–Trinajstić information content (AvgIpc) is 3.49. The van der Waals surface area contributed by atoms with Gasteiger partial charge in [-0.3, -0.25) is 4.79 Å². The van der Waals surface area contributed by atoms with Gasteiger partial charge in [-0.1, -0.05) is 0 Å². The fourth-order valence-electron chi connectivity index (χ4n) is 2.96. The van der Waals surface area contributed by atoms with Crippen molar-refractivity contribution in [3.8, 4) is 0 Å². The van der Waals surface area contributed by atoms with Crippen molar-refractivity contribution in [2.24, 2.45) is 7.05 Å². The van der Waals surface area contributed by atoms with Crippen LogP contribution < -0.4 is 15.8 Å². The van der Waals surface area contributed by atoms with Crippen LogP contribution in [0.1, 0.15) is 24.6 Å². The van der Waals surface area contributed by atoms with Crippen molar-refractivity contribution < 1.29 is 4.74 Å². The van der Waals surface area contributed by atoms with Crippen LogP contribution in [-0.4, -0.2) is 51.9 Å². The van der Waals surface area contributed by atoms with Crippen LogP contribution >= 0.6 is 0 Å². The van der Waals surface area contributed by atoms with Crippen molar-refractivity contribution in [1.82, 2.24) is 19.5 Å². The van der Waals surface area contributed by atoms with E-state index >= 15 is 0 Å². The second kappa shape index (κ2) is 6.79. The van der Waals surface area contributed by atoms with Crippen LogP contribution in [0.15, 0.2) is 29.5 Å². The summed E-state index contributed by atoms with van der Waals surface area (Å²) < 4.78 is 7.33. The zero-order valence-corrected chi connectivity index (χ0v) is 14.3. The molecule has 0 radical (unpaired) electrons. The van der Waals surface area contributed by atoms with E-state index in [1.54, 1.807) is 19.4 Å². The number of nitrogens with one attached hydrogen (secondary N) is 1. The van der Waals surface area contributed by atoms with Crippen molar-refractivity contribution in [2.75, 3.05) is 36.5 Å². The number of hydrogen-bond acceptors (Lipinski definition) is 7. The number of aryl methyl sites for hydroxylation is 1. The number of anilines is 2. The van der Waals surface area contributed by atoms with Gasteiger partial charge in [0.25, 0.3) is 5.56 Å². The summed E-state index contributed by atoms with van der Waals surface area (Å²) in [6.45, 7) is 2.70. The van der Waals surface area contributed by atoms with E-state index in [9.17, 15) is 4.79 Å². The van der Waals surface area contributed by atoms with Gasteiger partial charge in [-0.05, 0) is 18.9 Å². The minimum atomic E-state index is -0.139. The molecule has 1 N–H and O–H groups in total. The number of hydrogen-bond donors (Lipinski definition) is 1. The number of rotatable bonds is 5. The van der Waals surface area contributed by atoms with E-state index in [0.717, 1.165) is 24.7 Å². The van der Waals surface area contributed by atoms with E-state index in [1.165, 1.54) is 17.4 Å². The largest absolute Gasteiger partial charge is 0.373 e. The molecular weight excluding hydrogens is 320 g/mol. The Labute approximate surface area is 145 Å². The van der Waals surface area contributed by atoms with Crippen LogP contribution in [0.4, 0.5) is 11.6 Å². The molecule has 25 heavy (non-hydrogen) atoms. The summed E-state index contributed by atoms with van der Waals surface area (Å²) >= 11 is 0. The van der Waals surface area contributed by atoms with Gasteiger partial charge in [0, 0.05) is 51.2 Å². The molecule has 3 heterocycles. The summed E-state index contributed by atoms with van der Waals surface area (Å²) in [7, 11) is 1.71. The second-order valence-electron chi connectivity index (χ2n) is 6.56. The zero-order valence-electron chi connectivity index (χ0n) is 14.3. The van der Waals surface area contributed by atoms with Crippen LogP contribution in [0.25, 0.3) is 0 Å². The molecule has 2 aromatic heterocycles. The molecule has 8 heteroatoms. The van der Waals surface area contributed by atoms with Crippen molar-refractivity contribution in [1.29, 1.82) is 0 Å². The summed E-state index contributed by atoms with van der Waals surface area (Å²) in [6, 6.07) is 1.95. The first-order valence-corrected chi connectivity index (χ1v) is 8.65. The Kier molecular flexibility index (Phi) is 4.35. The lowest BCUT2D eigenvalue weighted by molar-refractivity contribution is 0.0489. The number of ether oxygens (including phenoxy) is 1. The highest BCUT2D eigenvalue weighted by Gasteiger charge is 2.28. The van der Waals surface area contributed by atoms with Gasteiger partial charge >= 0.3 is 0 Å². The van der Waals surface area contributed by atoms with Crippen LogP contribution in [0.2, 0.25) is 0 Å². The van der Waals surface area contributed by atoms with Gasteiger partial charge in [-0.2, -0.15) is 0 Å². The van der Waals surface area contributed by atoms with Gasteiger partial charge < -0.3 is 19.5 Å². The highest BCUT2D eigenvalue weighted by Crippen LogP contribution is 2.38. The van der Waals surface area contributed by atoms with Crippen LogP contribution in [0.5, 0.6) is 0 Å². The van der Waals surface area contributed by atoms with Gasteiger partial charge in [-0.15, -0.1) is 0 Å². The zero-order chi connectivity index (χ0) is 17.2. The molecule has 0 unspecified atom stereocenters. The summed E-state index contributed by atoms with van der Waals surface area (Å²) in [6.07, 6.45) is 7.45. The molecule has 1 saturated heterocycles. The van der Waals surface area contributed by atoms with E-state index < -0.39 is 0 Å². The second-order valence-corrected chi connectivity index (χ2v) is 6.56. The topological polar surface area (TPSA) is 85.2 Å². The number of aromatic nitrogens is 4. The third-order valence-corrected chi connectivity index (χ3v) is 4.58. The molecule has 2 aromatic rings. The molecule has 2 fully saturated rings. The van der Waals surface area contributed by atoms with E-state index in [0.29, 0.717) is 24.9 Å². The fourth-order valence-corrected chi connectivity index (χ4v) is 2.96. The predicted octanol–water partition coefficient (Wildman–Crippen LogP) is 0.765. The van der Waals surface area contributed by atoms with Crippen molar-refractivity contribution in [3.05, 3.63) is 40.8 Å². The molecule has 2 aliphatic rings. The Balaban J connectivity index is 1.40. The van der Waals surface area contributed by atoms with Crippen molar-refractivity contribution in [2.45, 2.75) is 24.9 Å². The van der Waals surface area contributed by atoms with Gasteiger partial charge in [0.1, 0.15) is 11.6 Å². The Morgan fingerprint density at radius 2 is 2.20 bits per heavy atom. The Bertz CT molecular complexity index is 804. The quantitative estimate of drug-likeness (QED) is 0.859. The fraction of sp³-hybridized carbons (Fsp3) is 0.529. The molecule has 0 aromatic carbocycles. The monoisotopic (exact) mass is 342 g/mol. The third kappa shape index (κ3) is 3.63. The summed E-state index contributed by atoms with van der Waals surface area (Å²) in [4.78, 5) is 27.4. The standard InChI is InChI=1S/C17H22N6O2/c1-22-7-6-19-16(17(22)24)20-10-13-11-23(8-9-25-13)14-4-5-18-15(21-14)12-2-3-12/h4-7,12-13H,2-3,8-11H2,1H3,(H,19,20)/t13-/m0/s1. The molecule has 0 bridgehead atoms. The molecular formula is C17H22N6O2. The lowest BCUT2D eigenvalue weighted by atomic mass is 10.2. The van der Waals surface area contributed by atoms with E-state index in [1.807, 2.05) is 12.3 Å². The smallest absolute Gasteiger partial charge is 0.293 e. The van der Waals surface area contributed by atoms with Gasteiger partial charge in [0.05, 0.1) is 12.7 Å². The highest BCUT2D eigenvalue weighted by molar-refractivity contribution is 5.39. The lowest BCUT2D eigenvalue weighted by Crippen LogP contribution is -2.46. The van der Waals surface area contributed by atoms with E-state index in [-0.39, 0.29) is 11.7 Å². The first kappa shape index (κ1) is 16.0. The SMILES string of the molecule is Cn1ccnc(NC[C@H]2CN(c3ccnc(C4CC4)n3)CCO2)c1=O. The van der Waals surface area contributed by atoms with Gasteiger partial charge in [0.15, 0.2) is 5.82 Å². The predicted molar refractivity (Wildman–Crippen MR) is 93.9 cm³/mol. The van der Waals surface area contributed by atoms with Crippen LogP contribution in [0.3, 0.4) is 0 Å². The maximum absolute atomic E-state index is 12.0. The van der Waals surface area contributed by atoms with E-state index in [2.05, 4.69) is 20.2 Å². The lowest BCUT2D eigenvalue weighted by Gasteiger charge is -2.33. The Morgan fingerprint density at radius 3 is 3.04 bits per heavy atom. The molecule has 132 valence electrons. The van der Waals surface area contributed by atoms with Crippen molar-refractivity contribution in [3.63, 3.8) is 0 Å².